The maximum Gasteiger partial charge on any atom is 0.208 e. The minimum absolute atomic E-state index is 0.00704. The summed E-state index contributed by atoms with van der Waals surface area (Å²) in [6.45, 7) is 6.03. The van der Waals surface area contributed by atoms with E-state index in [9.17, 15) is 0 Å². The van der Waals surface area contributed by atoms with Crippen LogP contribution in [0, 0.1) is 0 Å². The monoisotopic (exact) mass is 384 g/mol. The number of allylic oxidation sites excluding steroid dienone is 2. The summed E-state index contributed by atoms with van der Waals surface area (Å²) in [5, 5.41) is 11.8. The van der Waals surface area contributed by atoms with Gasteiger partial charge in [0.1, 0.15) is 17.7 Å². The summed E-state index contributed by atoms with van der Waals surface area (Å²) >= 11 is 0. The molecule has 0 radical (unpaired) electrons. The summed E-state index contributed by atoms with van der Waals surface area (Å²) in [4.78, 5) is 0. The molecule has 1 atom stereocenters. The van der Waals surface area contributed by atoms with E-state index in [-0.39, 0.29) is 6.17 Å². The van der Waals surface area contributed by atoms with Crippen molar-refractivity contribution in [2.24, 2.45) is 0 Å². The fraction of sp³-hybridized carbons (Fsp3) is 0.125. The van der Waals surface area contributed by atoms with Gasteiger partial charge in [0.15, 0.2) is 0 Å². The molecule has 5 nitrogen and oxygen atoms in total. The largest absolute Gasteiger partial charge is 0.481 e. The van der Waals surface area contributed by atoms with E-state index in [0.29, 0.717) is 5.88 Å². The smallest absolute Gasteiger partial charge is 0.208 e. The normalized spacial score (nSPS) is 15.4. The first-order chi connectivity index (χ1) is 14.2. The Morgan fingerprint density at radius 2 is 1.72 bits per heavy atom. The van der Waals surface area contributed by atoms with Gasteiger partial charge < -0.3 is 15.4 Å². The Bertz CT molecular complexity index is 1070. The predicted molar refractivity (Wildman–Crippen MR) is 119 cm³/mol. The van der Waals surface area contributed by atoms with E-state index in [0.717, 1.165) is 33.9 Å². The highest BCUT2D eigenvalue weighted by molar-refractivity contribution is 5.90. The minimum atomic E-state index is -0.00704. The van der Waals surface area contributed by atoms with E-state index in [4.69, 9.17) is 9.84 Å². The second-order valence-electron chi connectivity index (χ2n) is 6.70. The summed E-state index contributed by atoms with van der Waals surface area (Å²) < 4.78 is 7.16. The first kappa shape index (κ1) is 18.6. The Kier molecular flexibility index (Phi) is 5.20. The zero-order chi connectivity index (χ0) is 20.2. The van der Waals surface area contributed by atoms with E-state index >= 15 is 0 Å². The zero-order valence-corrected chi connectivity index (χ0v) is 16.6. The van der Waals surface area contributed by atoms with Crippen LogP contribution in [0.3, 0.4) is 0 Å². The maximum atomic E-state index is 5.43. The van der Waals surface area contributed by atoms with Gasteiger partial charge in [0.05, 0.1) is 12.7 Å². The highest BCUT2D eigenvalue weighted by Gasteiger charge is 2.26. The van der Waals surface area contributed by atoms with Gasteiger partial charge in [-0.15, -0.1) is 0 Å². The third-order valence-electron chi connectivity index (χ3n) is 4.77. The molecule has 0 bridgehead atoms. The summed E-state index contributed by atoms with van der Waals surface area (Å²) in [5.74, 6) is 1.28. The minimum Gasteiger partial charge on any atom is -0.481 e. The molecule has 29 heavy (non-hydrogen) atoms. The Labute approximate surface area is 171 Å². The van der Waals surface area contributed by atoms with Crippen molar-refractivity contribution in [3.8, 4) is 22.4 Å². The van der Waals surface area contributed by atoms with Crippen LogP contribution in [0.4, 0.5) is 5.82 Å². The molecule has 2 N–H and O–H groups in total. The average Bonchev–Trinajstić information content (AvgIpc) is 3.12. The SMILES string of the molecule is C=C(OC)n1nc(-c2ccccc2)c(-c2ccccc2)c1NC1C=C(/C=C\C)N1. The lowest BCUT2D eigenvalue weighted by molar-refractivity contribution is 0.339. The van der Waals surface area contributed by atoms with Crippen LogP contribution in [0.25, 0.3) is 28.3 Å². The van der Waals surface area contributed by atoms with E-state index in [1.807, 2.05) is 55.5 Å². The molecule has 1 aromatic heterocycles. The first-order valence-corrected chi connectivity index (χ1v) is 9.56. The van der Waals surface area contributed by atoms with Crippen molar-refractivity contribution >= 4 is 11.7 Å². The summed E-state index contributed by atoms with van der Waals surface area (Å²) in [6, 6.07) is 20.4. The number of aromatic nitrogens is 2. The van der Waals surface area contributed by atoms with E-state index in [1.165, 1.54) is 0 Å². The van der Waals surface area contributed by atoms with Crippen molar-refractivity contribution in [3.05, 3.63) is 91.2 Å². The number of nitrogens with zero attached hydrogens (tertiary/aromatic N) is 2. The number of methoxy groups -OCH3 is 1. The van der Waals surface area contributed by atoms with Gasteiger partial charge in [-0.05, 0) is 31.2 Å². The molecule has 2 aromatic carbocycles. The maximum absolute atomic E-state index is 5.43. The topological polar surface area (TPSA) is 51.1 Å². The molecule has 0 spiro atoms. The van der Waals surface area contributed by atoms with E-state index < -0.39 is 0 Å². The van der Waals surface area contributed by atoms with Crippen LogP contribution in [-0.2, 0) is 4.74 Å². The third-order valence-corrected chi connectivity index (χ3v) is 4.77. The first-order valence-electron chi connectivity index (χ1n) is 9.56. The number of hydrogen-bond donors (Lipinski definition) is 2. The van der Waals surface area contributed by atoms with Gasteiger partial charge in [0.25, 0.3) is 0 Å². The zero-order valence-electron chi connectivity index (χ0n) is 16.6. The standard InChI is InChI=1S/C24H24N4O/c1-4-11-20-16-21(25-20)26-24-22(18-12-7-5-8-13-18)23(19-14-9-6-10-15-19)27-28(24)17(2)29-3/h4-16,21,25-26H,2H2,1,3H3/b11-4-. The van der Waals surface area contributed by atoms with Crippen molar-refractivity contribution in [2.75, 3.05) is 12.4 Å². The van der Waals surface area contributed by atoms with Crippen LogP contribution < -0.4 is 10.6 Å². The fourth-order valence-corrected chi connectivity index (χ4v) is 3.36. The number of hydrogen-bond acceptors (Lipinski definition) is 4. The molecule has 5 heteroatoms. The van der Waals surface area contributed by atoms with Crippen LogP contribution in [0.15, 0.2) is 91.2 Å². The Morgan fingerprint density at radius 3 is 2.31 bits per heavy atom. The molecule has 0 saturated carbocycles. The van der Waals surface area contributed by atoms with Gasteiger partial charge >= 0.3 is 0 Å². The van der Waals surface area contributed by atoms with Crippen LogP contribution in [0.2, 0.25) is 0 Å². The summed E-state index contributed by atoms with van der Waals surface area (Å²) in [5.41, 5.74) is 5.06. The quantitative estimate of drug-likeness (QED) is 0.557. The summed E-state index contributed by atoms with van der Waals surface area (Å²) in [7, 11) is 1.60. The molecule has 0 fully saturated rings. The molecule has 146 valence electrons. The van der Waals surface area contributed by atoms with Gasteiger partial charge in [-0.25, -0.2) is 0 Å². The van der Waals surface area contributed by atoms with Gasteiger partial charge in [0, 0.05) is 11.3 Å². The number of rotatable bonds is 7. The van der Waals surface area contributed by atoms with Gasteiger partial charge in [-0.3, -0.25) is 0 Å². The van der Waals surface area contributed by atoms with E-state index in [2.05, 4.69) is 47.6 Å². The molecule has 3 aromatic rings. The van der Waals surface area contributed by atoms with Crippen molar-refractivity contribution in [1.82, 2.24) is 15.1 Å². The van der Waals surface area contributed by atoms with Crippen molar-refractivity contribution in [3.63, 3.8) is 0 Å². The predicted octanol–water partition coefficient (Wildman–Crippen LogP) is 5.09. The second kappa shape index (κ2) is 8.10. The van der Waals surface area contributed by atoms with Gasteiger partial charge in [-0.1, -0.05) is 66.7 Å². The fourth-order valence-electron chi connectivity index (χ4n) is 3.36. The molecular formula is C24H24N4O. The second-order valence-corrected chi connectivity index (χ2v) is 6.70. The van der Waals surface area contributed by atoms with Crippen molar-refractivity contribution in [1.29, 1.82) is 0 Å². The molecule has 1 unspecified atom stereocenters. The lowest BCUT2D eigenvalue weighted by Crippen LogP contribution is -2.42. The Morgan fingerprint density at radius 1 is 1.10 bits per heavy atom. The van der Waals surface area contributed by atoms with Crippen LogP contribution >= 0.6 is 0 Å². The van der Waals surface area contributed by atoms with Gasteiger partial charge in [-0.2, -0.15) is 9.78 Å². The Balaban J connectivity index is 1.87. The molecule has 0 aliphatic carbocycles. The van der Waals surface area contributed by atoms with Crippen LogP contribution in [-0.4, -0.2) is 23.1 Å². The van der Waals surface area contributed by atoms with Crippen molar-refractivity contribution < 1.29 is 4.74 Å². The Hall–Kier alpha value is -3.73. The number of benzene rings is 2. The number of nitrogens with one attached hydrogen (secondary N) is 2. The molecule has 4 rings (SSSR count). The molecule has 1 aliphatic heterocycles. The van der Waals surface area contributed by atoms with Crippen molar-refractivity contribution in [2.45, 2.75) is 13.1 Å². The lowest BCUT2D eigenvalue weighted by Gasteiger charge is -2.29. The average molecular weight is 384 g/mol. The molecule has 2 heterocycles. The van der Waals surface area contributed by atoms with E-state index in [1.54, 1.807) is 11.8 Å². The number of anilines is 1. The summed E-state index contributed by atoms with van der Waals surface area (Å²) in [6.07, 6.45) is 6.17. The number of ether oxygens (including phenoxy) is 1. The molecule has 0 saturated heterocycles. The van der Waals surface area contributed by atoms with Crippen LogP contribution in [0.5, 0.6) is 0 Å². The van der Waals surface area contributed by atoms with Crippen LogP contribution in [0.1, 0.15) is 6.92 Å². The third kappa shape index (κ3) is 3.67. The highest BCUT2D eigenvalue weighted by atomic mass is 16.5. The molecule has 1 aliphatic rings. The molecule has 0 amide bonds. The molecular weight excluding hydrogens is 360 g/mol. The van der Waals surface area contributed by atoms with Gasteiger partial charge in [0.2, 0.25) is 5.88 Å². The lowest BCUT2D eigenvalue weighted by atomic mass is 10.0. The highest BCUT2D eigenvalue weighted by Crippen LogP contribution is 2.39.